The summed E-state index contributed by atoms with van der Waals surface area (Å²) in [5, 5.41) is 2.10. The molecule has 2 fully saturated rings. The van der Waals surface area contributed by atoms with E-state index >= 15 is 0 Å². The van der Waals surface area contributed by atoms with E-state index in [4.69, 9.17) is 28.2 Å². The lowest BCUT2D eigenvalue weighted by molar-refractivity contribution is -0.133. The number of hydrogen-bond donors (Lipinski definition) is 0. The van der Waals surface area contributed by atoms with Crippen LogP contribution in [0.4, 0.5) is 0 Å². The third kappa shape index (κ3) is 4.68. The van der Waals surface area contributed by atoms with Crippen molar-refractivity contribution in [1.29, 1.82) is 0 Å². The summed E-state index contributed by atoms with van der Waals surface area (Å²) in [5.41, 5.74) is 0.977. The Kier molecular flexibility index (Phi) is 6.76. The van der Waals surface area contributed by atoms with Crippen molar-refractivity contribution in [2.75, 3.05) is 12.8 Å². The van der Waals surface area contributed by atoms with Gasteiger partial charge >= 0.3 is 0 Å². The van der Waals surface area contributed by atoms with Gasteiger partial charge in [0.15, 0.2) is 5.17 Å². The number of hydrogen-bond acceptors (Lipinski definition) is 3. The van der Waals surface area contributed by atoms with Crippen LogP contribution in [0.5, 0.6) is 0 Å². The molecule has 0 N–H and O–H groups in total. The summed E-state index contributed by atoms with van der Waals surface area (Å²) in [6, 6.07) is 5.97. The summed E-state index contributed by atoms with van der Waals surface area (Å²) in [6.07, 6.45) is 6.25. The van der Waals surface area contributed by atoms with Gasteiger partial charge in [0.2, 0.25) is 5.91 Å². The fraction of sp³-hybridized carbons (Fsp3) is 0.579. The number of thioether (sulfide) groups is 1. The van der Waals surface area contributed by atoms with Crippen molar-refractivity contribution in [2.24, 2.45) is 4.99 Å². The van der Waals surface area contributed by atoms with Crippen LogP contribution in [0.15, 0.2) is 23.2 Å². The SMILES string of the molecule is CC(=O)N(Cc1ccc(Cl)c(Cl)c1)C1CSC(=NC2CCCCC2)N1C. The highest BCUT2D eigenvalue weighted by Crippen LogP contribution is 2.30. The molecule has 1 aliphatic carbocycles. The predicted octanol–water partition coefficient (Wildman–Crippen LogP) is 5.04. The zero-order valence-corrected chi connectivity index (χ0v) is 17.6. The molecule has 1 heterocycles. The number of benzene rings is 1. The number of amides is 1. The topological polar surface area (TPSA) is 35.9 Å². The second kappa shape index (κ2) is 8.85. The van der Waals surface area contributed by atoms with Crippen LogP contribution in [0.2, 0.25) is 10.0 Å². The van der Waals surface area contributed by atoms with Gasteiger partial charge in [-0.2, -0.15) is 0 Å². The van der Waals surface area contributed by atoms with Gasteiger partial charge in [0.1, 0.15) is 6.17 Å². The van der Waals surface area contributed by atoms with Gasteiger partial charge < -0.3 is 9.80 Å². The number of carbonyl (C=O) groups is 1. The predicted molar refractivity (Wildman–Crippen MR) is 111 cm³/mol. The normalized spacial score (nSPS) is 22.8. The first kappa shape index (κ1) is 19.8. The minimum Gasteiger partial charge on any atom is -0.333 e. The van der Waals surface area contributed by atoms with Crippen molar-refractivity contribution in [2.45, 2.75) is 57.8 Å². The molecule has 2 aliphatic rings. The van der Waals surface area contributed by atoms with Crippen molar-refractivity contribution in [1.82, 2.24) is 9.80 Å². The molecule has 1 aromatic carbocycles. The quantitative estimate of drug-likeness (QED) is 0.693. The van der Waals surface area contributed by atoms with Crippen molar-refractivity contribution in [3.8, 4) is 0 Å². The Morgan fingerprint density at radius 1 is 1.27 bits per heavy atom. The van der Waals surface area contributed by atoms with Crippen LogP contribution >= 0.6 is 35.0 Å². The molecule has 0 bridgehead atoms. The highest BCUT2D eigenvalue weighted by atomic mass is 35.5. The van der Waals surface area contributed by atoms with Gasteiger partial charge in [-0.1, -0.05) is 60.3 Å². The maximum atomic E-state index is 12.3. The Hall–Kier alpha value is -0.910. The fourth-order valence-corrected chi connectivity index (χ4v) is 5.12. The zero-order chi connectivity index (χ0) is 18.7. The van der Waals surface area contributed by atoms with E-state index in [1.54, 1.807) is 24.8 Å². The van der Waals surface area contributed by atoms with Gasteiger partial charge in [0.05, 0.1) is 16.1 Å². The summed E-state index contributed by atoms with van der Waals surface area (Å²) in [6.45, 7) is 2.13. The molecule has 0 radical (unpaired) electrons. The Labute approximate surface area is 169 Å². The molecule has 1 aromatic rings. The molecule has 1 saturated carbocycles. The molecule has 1 saturated heterocycles. The largest absolute Gasteiger partial charge is 0.333 e. The van der Waals surface area contributed by atoms with Crippen molar-refractivity contribution in [3.63, 3.8) is 0 Å². The lowest BCUT2D eigenvalue weighted by Gasteiger charge is -2.33. The van der Waals surface area contributed by atoms with E-state index in [2.05, 4.69) is 4.90 Å². The maximum absolute atomic E-state index is 12.3. The molecule has 4 nitrogen and oxygen atoms in total. The van der Waals surface area contributed by atoms with Crippen LogP contribution in [0.25, 0.3) is 0 Å². The summed E-state index contributed by atoms with van der Waals surface area (Å²) >= 11 is 13.9. The van der Waals surface area contributed by atoms with Crippen LogP contribution in [0.3, 0.4) is 0 Å². The standard InChI is InChI=1S/C19H25Cl2N3OS/c1-13(25)24(11-14-8-9-16(20)17(21)10-14)18-12-26-19(23(18)2)22-15-6-4-3-5-7-15/h8-10,15,18H,3-7,11-12H2,1-2H3. The van der Waals surface area contributed by atoms with Gasteiger partial charge in [0, 0.05) is 26.3 Å². The summed E-state index contributed by atoms with van der Waals surface area (Å²) < 4.78 is 0. The van der Waals surface area contributed by atoms with E-state index in [0.29, 0.717) is 22.6 Å². The first-order valence-corrected chi connectivity index (χ1v) is 10.8. The van der Waals surface area contributed by atoms with Gasteiger partial charge in [-0.25, -0.2) is 0 Å². The van der Waals surface area contributed by atoms with Gasteiger partial charge in [-0.3, -0.25) is 9.79 Å². The lowest BCUT2D eigenvalue weighted by atomic mass is 9.96. The third-order valence-corrected chi connectivity index (χ3v) is 6.93. The number of aliphatic imine (C=N–C) groups is 1. The van der Waals surface area contributed by atoms with Crippen LogP contribution in [-0.4, -0.2) is 45.9 Å². The minimum atomic E-state index is 0.00861. The van der Waals surface area contributed by atoms with E-state index in [1.807, 2.05) is 24.1 Å². The first-order valence-electron chi connectivity index (χ1n) is 9.10. The highest BCUT2D eigenvalue weighted by molar-refractivity contribution is 8.14. The summed E-state index contributed by atoms with van der Waals surface area (Å²) in [7, 11) is 2.04. The molecule has 0 aromatic heterocycles. The molecule has 1 atom stereocenters. The molecule has 1 aliphatic heterocycles. The molecular formula is C19H25Cl2N3OS. The van der Waals surface area contributed by atoms with Crippen molar-refractivity contribution in [3.05, 3.63) is 33.8 Å². The zero-order valence-electron chi connectivity index (χ0n) is 15.3. The fourth-order valence-electron chi connectivity index (χ4n) is 3.55. The Balaban J connectivity index is 1.72. The summed E-state index contributed by atoms with van der Waals surface area (Å²) in [4.78, 5) is 21.3. The van der Waals surface area contributed by atoms with E-state index < -0.39 is 0 Å². The highest BCUT2D eigenvalue weighted by Gasteiger charge is 2.34. The van der Waals surface area contributed by atoms with Crippen LogP contribution < -0.4 is 0 Å². The third-order valence-electron chi connectivity index (χ3n) is 5.08. The monoisotopic (exact) mass is 413 g/mol. The smallest absolute Gasteiger partial charge is 0.221 e. The van der Waals surface area contributed by atoms with Crippen LogP contribution in [-0.2, 0) is 11.3 Å². The molecule has 1 unspecified atom stereocenters. The van der Waals surface area contributed by atoms with Crippen LogP contribution in [0, 0.1) is 0 Å². The molecule has 7 heteroatoms. The van der Waals surface area contributed by atoms with Crippen LogP contribution in [0.1, 0.15) is 44.6 Å². The lowest BCUT2D eigenvalue weighted by Crippen LogP contribution is -2.47. The molecule has 3 rings (SSSR count). The maximum Gasteiger partial charge on any atom is 0.221 e. The van der Waals surface area contributed by atoms with Gasteiger partial charge in [-0.05, 0) is 30.5 Å². The number of halogens is 2. The Morgan fingerprint density at radius 3 is 2.65 bits per heavy atom. The second-order valence-electron chi connectivity index (χ2n) is 7.00. The Bertz CT molecular complexity index is 691. The average molecular weight is 414 g/mol. The molecular weight excluding hydrogens is 389 g/mol. The van der Waals surface area contributed by atoms with E-state index in [9.17, 15) is 4.79 Å². The first-order chi connectivity index (χ1) is 12.5. The Morgan fingerprint density at radius 2 is 2.00 bits per heavy atom. The second-order valence-corrected chi connectivity index (χ2v) is 8.80. The number of amidine groups is 1. The molecule has 0 spiro atoms. The molecule has 1 amide bonds. The average Bonchev–Trinajstić information content (AvgIpc) is 2.97. The van der Waals surface area contributed by atoms with E-state index in [-0.39, 0.29) is 12.1 Å². The van der Waals surface area contributed by atoms with Gasteiger partial charge in [-0.15, -0.1) is 0 Å². The van der Waals surface area contributed by atoms with Crippen molar-refractivity contribution >= 4 is 46.0 Å². The van der Waals surface area contributed by atoms with Gasteiger partial charge in [0.25, 0.3) is 0 Å². The number of nitrogens with zero attached hydrogens (tertiary/aromatic N) is 3. The molecule has 142 valence electrons. The number of carbonyl (C=O) groups excluding carboxylic acids is 1. The minimum absolute atomic E-state index is 0.00861. The van der Waals surface area contributed by atoms with E-state index in [1.165, 1.54) is 32.1 Å². The molecule has 26 heavy (non-hydrogen) atoms. The number of rotatable bonds is 4. The summed E-state index contributed by atoms with van der Waals surface area (Å²) in [5.74, 6) is 0.885. The van der Waals surface area contributed by atoms with E-state index in [0.717, 1.165) is 16.5 Å². The van der Waals surface area contributed by atoms with Crippen molar-refractivity contribution < 1.29 is 4.79 Å².